The third kappa shape index (κ3) is 4.61. The number of hydrogen-bond acceptors (Lipinski definition) is 2. The van der Waals surface area contributed by atoms with E-state index in [0.717, 1.165) is 30.3 Å². The minimum Gasteiger partial charge on any atom is -0.428 e. The summed E-state index contributed by atoms with van der Waals surface area (Å²) in [5, 5.41) is 9.68. The second kappa shape index (κ2) is 8.15. The van der Waals surface area contributed by atoms with Gasteiger partial charge in [0, 0.05) is 10.6 Å². The van der Waals surface area contributed by atoms with Crippen LogP contribution in [0.4, 0.5) is 30.7 Å². The summed E-state index contributed by atoms with van der Waals surface area (Å²) in [5.41, 5.74) is -1.54. The molecule has 1 aromatic heterocycles. The largest absolute Gasteiger partial charge is 0.461 e. The molecule has 0 aliphatic heterocycles. The average molecular weight is 463 g/mol. The first kappa shape index (κ1) is 22.5. The SMILES string of the molecule is N#Cn1c(-c2ccc(OC(F)(F)C(F)F)cc2)cc(-c2ccc(Cl)cc2)c1C(F)(F)F. The molecule has 0 amide bonds. The van der Waals surface area contributed by atoms with Crippen molar-refractivity contribution in [2.45, 2.75) is 18.7 Å². The van der Waals surface area contributed by atoms with Crippen molar-refractivity contribution in [2.24, 2.45) is 0 Å². The van der Waals surface area contributed by atoms with Crippen LogP contribution in [0.3, 0.4) is 0 Å². The van der Waals surface area contributed by atoms with Crippen LogP contribution in [0.5, 0.6) is 5.75 Å². The van der Waals surface area contributed by atoms with Crippen molar-refractivity contribution in [2.75, 3.05) is 0 Å². The van der Waals surface area contributed by atoms with Gasteiger partial charge < -0.3 is 4.74 Å². The number of aromatic nitrogens is 1. The van der Waals surface area contributed by atoms with Crippen molar-refractivity contribution >= 4 is 11.6 Å². The summed E-state index contributed by atoms with van der Waals surface area (Å²) < 4.78 is 96.1. The fourth-order valence-electron chi connectivity index (χ4n) is 2.85. The maximum absolute atomic E-state index is 13.7. The molecule has 0 radical (unpaired) electrons. The molecule has 0 bridgehead atoms. The van der Waals surface area contributed by atoms with E-state index in [2.05, 4.69) is 4.74 Å². The summed E-state index contributed by atoms with van der Waals surface area (Å²) in [5.74, 6) is -0.627. The molecule has 11 heteroatoms. The summed E-state index contributed by atoms with van der Waals surface area (Å²) in [6.07, 6.45) is -12.2. The van der Waals surface area contributed by atoms with E-state index in [9.17, 15) is 36.0 Å². The van der Waals surface area contributed by atoms with Crippen LogP contribution in [0, 0.1) is 11.5 Å². The van der Waals surface area contributed by atoms with E-state index in [1.165, 1.54) is 30.5 Å². The van der Waals surface area contributed by atoms with E-state index in [-0.39, 0.29) is 22.4 Å². The molecule has 0 fully saturated rings. The lowest BCUT2D eigenvalue weighted by Crippen LogP contribution is -2.33. The lowest BCUT2D eigenvalue weighted by atomic mass is 10.0. The topological polar surface area (TPSA) is 38.0 Å². The van der Waals surface area contributed by atoms with Crippen LogP contribution >= 0.6 is 11.6 Å². The standard InChI is InChI=1S/C20H10ClF7N2O/c21-13-5-1-11(2-6-13)15-9-16(30(10-29)17(15)19(24,25)26)12-3-7-14(8-4-12)31-20(27,28)18(22)23/h1-9,18H. The molecule has 1 heterocycles. The average Bonchev–Trinajstić information content (AvgIpc) is 3.09. The van der Waals surface area contributed by atoms with Gasteiger partial charge in [-0.25, -0.2) is 4.57 Å². The van der Waals surface area contributed by atoms with E-state index in [4.69, 9.17) is 11.6 Å². The van der Waals surface area contributed by atoms with Gasteiger partial charge in [-0.3, -0.25) is 0 Å². The van der Waals surface area contributed by atoms with Crippen LogP contribution in [0.2, 0.25) is 5.02 Å². The Morgan fingerprint density at radius 2 is 1.45 bits per heavy atom. The molecular formula is C20H10ClF7N2O. The van der Waals surface area contributed by atoms with E-state index in [0.29, 0.717) is 9.59 Å². The van der Waals surface area contributed by atoms with Crippen molar-refractivity contribution in [1.82, 2.24) is 4.57 Å². The number of benzene rings is 2. The van der Waals surface area contributed by atoms with E-state index >= 15 is 0 Å². The van der Waals surface area contributed by atoms with Crippen LogP contribution < -0.4 is 4.74 Å². The molecule has 0 aliphatic carbocycles. The van der Waals surface area contributed by atoms with Gasteiger partial charge in [-0.1, -0.05) is 23.7 Å². The molecule has 0 unspecified atom stereocenters. The van der Waals surface area contributed by atoms with E-state index < -0.39 is 30.2 Å². The molecule has 0 aliphatic rings. The quantitative estimate of drug-likeness (QED) is 0.381. The van der Waals surface area contributed by atoms with Crippen molar-refractivity contribution < 1.29 is 35.5 Å². The zero-order valence-corrected chi connectivity index (χ0v) is 15.9. The maximum Gasteiger partial charge on any atom is 0.461 e. The number of nitriles is 1. The zero-order valence-electron chi connectivity index (χ0n) is 15.1. The first-order valence-corrected chi connectivity index (χ1v) is 8.76. The Balaban J connectivity index is 2.10. The third-order valence-electron chi connectivity index (χ3n) is 4.18. The number of rotatable bonds is 5. The van der Waals surface area contributed by atoms with Gasteiger partial charge >= 0.3 is 18.7 Å². The van der Waals surface area contributed by atoms with Crippen LogP contribution in [0.25, 0.3) is 22.4 Å². The fraction of sp³-hybridized carbons (Fsp3) is 0.150. The van der Waals surface area contributed by atoms with Crippen LogP contribution in [-0.2, 0) is 6.18 Å². The van der Waals surface area contributed by atoms with Gasteiger partial charge in [-0.05, 0) is 53.6 Å². The summed E-state index contributed by atoms with van der Waals surface area (Å²) in [6.45, 7) is 0. The number of ether oxygens (including phenoxy) is 1. The Morgan fingerprint density at radius 3 is 1.94 bits per heavy atom. The van der Waals surface area contributed by atoms with Crippen LogP contribution in [0.1, 0.15) is 5.69 Å². The summed E-state index contributed by atoms with van der Waals surface area (Å²) in [7, 11) is 0. The van der Waals surface area contributed by atoms with Crippen molar-refractivity contribution in [3.63, 3.8) is 0 Å². The van der Waals surface area contributed by atoms with Crippen molar-refractivity contribution in [1.29, 1.82) is 5.26 Å². The molecule has 31 heavy (non-hydrogen) atoms. The highest BCUT2D eigenvalue weighted by Gasteiger charge is 2.44. The number of alkyl halides is 7. The number of hydrogen-bond donors (Lipinski definition) is 0. The molecule has 0 saturated carbocycles. The molecule has 0 N–H and O–H groups in total. The second-order valence-corrected chi connectivity index (χ2v) is 6.66. The molecule has 2 aromatic carbocycles. The molecule has 3 rings (SSSR count). The predicted octanol–water partition coefficient (Wildman–Crippen LogP) is 7.06. The molecule has 162 valence electrons. The molecular weight excluding hydrogens is 453 g/mol. The summed E-state index contributed by atoms with van der Waals surface area (Å²) >= 11 is 5.78. The highest BCUT2D eigenvalue weighted by Crippen LogP contribution is 2.42. The summed E-state index contributed by atoms with van der Waals surface area (Å²) in [4.78, 5) is 0. The van der Waals surface area contributed by atoms with Crippen molar-refractivity contribution in [3.05, 3.63) is 65.3 Å². The Morgan fingerprint density at radius 1 is 0.903 bits per heavy atom. The minimum absolute atomic E-state index is 0.0416. The van der Waals surface area contributed by atoms with Gasteiger partial charge in [0.15, 0.2) is 6.19 Å². The minimum atomic E-state index is -4.90. The van der Waals surface area contributed by atoms with Crippen molar-refractivity contribution in [3.8, 4) is 34.3 Å². The molecule has 3 nitrogen and oxygen atoms in total. The first-order valence-electron chi connectivity index (χ1n) is 8.38. The highest BCUT2D eigenvalue weighted by molar-refractivity contribution is 6.30. The van der Waals surface area contributed by atoms with Crippen LogP contribution in [0.15, 0.2) is 54.6 Å². The fourth-order valence-corrected chi connectivity index (χ4v) is 2.98. The Bertz CT molecular complexity index is 1110. The molecule has 3 aromatic rings. The lowest BCUT2D eigenvalue weighted by molar-refractivity contribution is -0.253. The normalized spacial score (nSPS) is 12.1. The first-order chi connectivity index (χ1) is 14.4. The number of halogens is 8. The van der Waals surface area contributed by atoms with Crippen LogP contribution in [-0.4, -0.2) is 17.1 Å². The van der Waals surface area contributed by atoms with E-state index in [1.54, 1.807) is 0 Å². The van der Waals surface area contributed by atoms with Gasteiger partial charge in [0.1, 0.15) is 11.4 Å². The van der Waals surface area contributed by atoms with Gasteiger partial charge in [-0.15, -0.1) is 0 Å². The molecule has 0 spiro atoms. The van der Waals surface area contributed by atoms with Gasteiger partial charge in [0.2, 0.25) is 0 Å². The Hall–Kier alpha value is -3.19. The van der Waals surface area contributed by atoms with Gasteiger partial charge in [0.05, 0.1) is 5.69 Å². The second-order valence-electron chi connectivity index (χ2n) is 6.22. The Kier molecular flexibility index (Phi) is 5.91. The highest BCUT2D eigenvalue weighted by atomic mass is 35.5. The number of nitrogens with zero attached hydrogens (tertiary/aromatic N) is 2. The maximum atomic E-state index is 13.7. The smallest absolute Gasteiger partial charge is 0.428 e. The van der Waals surface area contributed by atoms with Gasteiger partial charge in [0.25, 0.3) is 0 Å². The van der Waals surface area contributed by atoms with Gasteiger partial charge in [-0.2, -0.15) is 36.0 Å². The summed E-state index contributed by atoms with van der Waals surface area (Å²) in [6, 6.07) is 10.5. The third-order valence-corrected chi connectivity index (χ3v) is 4.43. The monoisotopic (exact) mass is 462 g/mol. The zero-order chi connectivity index (χ0) is 23.0. The molecule has 0 saturated heterocycles. The van der Waals surface area contributed by atoms with E-state index in [1.807, 2.05) is 0 Å². The lowest BCUT2D eigenvalue weighted by Gasteiger charge is -2.16. The predicted molar refractivity (Wildman–Crippen MR) is 97.9 cm³/mol. The molecule has 0 atom stereocenters. The Labute approximate surface area is 175 Å².